The number of nitrogens with one attached hydrogen (secondary N) is 1. The molecule has 0 aromatic rings. The van der Waals surface area contributed by atoms with Crippen LogP contribution in [0, 0.1) is 10.8 Å². The molecule has 160 valence electrons. The molecule has 0 spiro atoms. The first-order chi connectivity index (χ1) is 12.3. The third-order valence-electron chi connectivity index (χ3n) is 6.10. The van der Waals surface area contributed by atoms with Gasteiger partial charge in [0, 0.05) is 11.1 Å². The fourth-order valence-electron chi connectivity index (χ4n) is 5.17. The lowest BCUT2D eigenvalue weighted by molar-refractivity contribution is -0.200. The second-order valence-electron chi connectivity index (χ2n) is 9.87. The molecule has 0 atom stereocenters. The molecular weight excluding hydrogens is 388 g/mol. The molecule has 6 aliphatic carbocycles. The van der Waals surface area contributed by atoms with Gasteiger partial charge in [-0.15, -0.1) is 12.4 Å². The zero-order chi connectivity index (χ0) is 20.3. The largest absolute Gasteiger partial charge is 0.469 e. The number of amides is 1. The van der Waals surface area contributed by atoms with Gasteiger partial charge in [0.25, 0.3) is 0 Å². The highest BCUT2D eigenvalue weighted by Gasteiger charge is 2.73. The summed E-state index contributed by atoms with van der Waals surface area (Å²) >= 11 is 0. The van der Waals surface area contributed by atoms with Crippen LogP contribution in [0.4, 0.5) is 4.79 Å². The molecule has 0 aliphatic heterocycles. The molecule has 0 radical (unpaired) electrons. The number of carbonyl (C=O) groups excluding carboxylic acids is 3. The number of esters is 2. The van der Waals surface area contributed by atoms with Crippen LogP contribution in [0.15, 0.2) is 0 Å². The fourth-order valence-corrected chi connectivity index (χ4v) is 5.17. The average molecular weight is 419 g/mol. The van der Waals surface area contributed by atoms with E-state index < -0.39 is 11.7 Å². The minimum absolute atomic E-state index is 0. The maximum Gasteiger partial charge on any atom is 0.408 e. The molecule has 3 N–H and O–H groups in total. The van der Waals surface area contributed by atoms with Crippen LogP contribution in [0.3, 0.4) is 0 Å². The summed E-state index contributed by atoms with van der Waals surface area (Å²) < 4.78 is 14.6. The molecule has 0 saturated heterocycles. The van der Waals surface area contributed by atoms with Crippen LogP contribution in [-0.4, -0.2) is 48.9 Å². The zero-order valence-corrected chi connectivity index (χ0v) is 18.0. The summed E-state index contributed by atoms with van der Waals surface area (Å²) in [4.78, 5) is 34.0. The van der Waals surface area contributed by atoms with Crippen molar-refractivity contribution < 1.29 is 28.6 Å². The predicted molar refractivity (Wildman–Crippen MR) is 103 cm³/mol. The van der Waals surface area contributed by atoms with Crippen LogP contribution in [-0.2, 0) is 23.8 Å². The Morgan fingerprint density at radius 1 is 0.857 bits per heavy atom. The van der Waals surface area contributed by atoms with Gasteiger partial charge >= 0.3 is 18.0 Å². The van der Waals surface area contributed by atoms with Gasteiger partial charge in [-0.3, -0.25) is 9.59 Å². The molecule has 1 amide bonds. The summed E-state index contributed by atoms with van der Waals surface area (Å²) in [6.45, 7) is 5.47. The van der Waals surface area contributed by atoms with E-state index >= 15 is 0 Å². The summed E-state index contributed by atoms with van der Waals surface area (Å²) in [6.07, 6.45) is 4.13. The summed E-state index contributed by atoms with van der Waals surface area (Å²) in [5.74, 6) is -0.231. The topological polar surface area (TPSA) is 117 Å². The predicted octanol–water partition coefficient (Wildman–Crippen LogP) is 2.07. The van der Waals surface area contributed by atoms with E-state index in [1.807, 2.05) is 20.8 Å². The highest BCUT2D eigenvalue weighted by Crippen LogP contribution is 2.67. The van der Waals surface area contributed by atoms with Gasteiger partial charge < -0.3 is 25.3 Å². The average Bonchev–Trinajstić information content (AvgIpc) is 2.42. The Morgan fingerprint density at radius 2 is 1.25 bits per heavy atom. The molecule has 0 heterocycles. The van der Waals surface area contributed by atoms with Gasteiger partial charge in [0.15, 0.2) is 0 Å². The Morgan fingerprint density at radius 3 is 1.57 bits per heavy atom. The van der Waals surface area contributed by atoms with Gasteiger partial charge in [-0.05, 0) is 59.3 Å². The third-order valence-corrected chi connectivity index (χ3v) is 6.10. The van der Waals surface area contributed by atoms with Crippen LogP contribution in [0.25, 0.3) is 0 Å². The highest BCUT2D eigenvalue weighted by molar-refractivity contribution is 5.85. The minimum atomic E-state index is -0.492. The van der Waals surface area contributed by atoms with Crippen molar-refractivity contribution in [3.8, 4) is 0 Å². The molecule has 6 aliphatic rings. The van der Waals surface area contributed by atoms with E-state index in [9.17, 15) is 14.4 Å². The molecule has 0 aromatic carbocycles. The van der Waals surface area contributed by atoms with Gasteiger partial charge in [0.05, 0.1) is 25.0 Å². The molecule has 9 heteroatoms. The maximum absolute atomic E-state index is 11.6. The van der Waals surface area contributed by atoms with Crippen LogP contribution >= 0.6 is 12.4 Å². The lowest BCUT2D eigenvalue weighted by Gasteiger charge is -2.67. The smallest absolute Gasteiger partial charge is 0.408 e. The summed E-state index contributed by atoms with van der Waals surface area (Å²) in [5.41, 5.74) is 4.57. The summed E-state index contributed by atoms with van der Waals surface area (Å²) in [7, 11) is 2.84. The number of carbonyl (C=O) groups is 3. The molecule has 28 heavy (non-hydrogen) atoms. The van der Waals surface area contributed by atoms with Gasteiger partial charge in [0.2, 0.25) is 0 Å². The monoisotopic (exact) mass is 418 g/mol. The van der Waals surface area contributed by atoms with Gasteiger partial charge in [0.1, 0.15) is 5.60 Å². The maximum atomic E-state index is 11.6. The van der Waals surface area contributed by atoms with E-state index in [2.05, 4.69) is 10.1 Å². The number of rotatable bonds is 3. The van der Waals surface area contributed by atoms with Gasteiger partial charge in [-0.2, -0.15) is 0 Å². The Bertz CT molecular complexity index is 647. The Hall–Kier alpha value is -1.54. The van der Waals surface area contributed by atoms with Crippen molar-refractivity contribution in [3.63, 3.8) is 0 Å². The van der Waals surface area contributed by atoms with Crippen molar-refractivity contribution in [2.45, 2.75) is 76.0 Å². The van der Waals surface area contributed by atoms with Crippen LogP contribution in [0.5, 0.6) is 0 Å². The van der Waals surface area contributed by atoms with E-state index in [0.717, 1.165) is 19.3 Å². The molecule has 6 saturated carbocycles. The normalized spacial score (nSPS) is 38.2. The number of methoxy groups -OCH3 is 2. The molecular formula is C19H31ClN2O6. The highest BCUT2D eigenvalue weighted by atomic mass is 35.5. The van der Waals surface area contributed by atoms with Gasteiger partial charge in [-0.1, -0.05) is 0 Å². The second kappa shape index (κ2) is 6.76. The van der Waals surface area contributed by atoms with Crippen molar-refractivity contribution in [2.75, 3.05) is 14.2 Å². The first-order valence-electron chi connectivity index (χ1n) is 9.28. The van der Waals surface area contributed by atoms with Crippen molar-refractivity contribution in [1.29, 1.82) is 0 Å². The Balaban J connectivity index is 0.000000217. The standard InChI is InChI=1S/C12H19NO4.C7H11NO2.ClH/c1-10(2,3)17-9(15)13-12-5-11(6-12,7-12)8(14)16-4;1-10-5(9)6-2-7(8,3-6)4-6;/h5-7H2,1-4H3,(H,13,15);2-4,8H2,1H3;1H. The second-order valence-corrected chi connectivity index (χ2v) is 9.87. The van der Waals surface area contributed by atoms with Crippen LogP contribution < -0.4 is 11.1 Å². The fraction of sp³-hybridized carbons (Fsp3) is 0.842. The number of ether oxygens (including phenoxy) is 3. The summed E-state index contributed by atoms with van der Waals surface area (Å²) in [5, 5.41) is 2.85. The van der Waals surface area contributed by atoms with E-state index in [4.69, 9.17) is 15.2 Å². The molecule has 0 unspecified atom stereocenters. The first-order valence-corrected chi connectivity index (χ1v) is 9.28. The molecule has 0 aromatic heterocycles. The minimum Gasteiger partial charge on any atom is -0.469 e. The number of hydrogen-bond acceptors (Lipinski definition) is 7. The van der Waals surface area contributed by atoms with Gasteiger partial charge in [-0.25, -0.2) is 4.79 Å². The van der Waals surface area contributed by atoms with Crippen LogP contribution in [0.2, 0.25) is 0 Å². The van der Waals surface area contributed by atoms with E-state index in [1.165, 1.54) is 14.2 Å². The van der Waals surface area contributed by atoms with E-state index in [0.29, 0.717) is 19.3 Å². The van der Waals surface area contributed by atoms with Crippen LogP contribution in [0.1, 0.15) is 59.3 Å². The quantitative estimate of drug-likeness (QED) is 0.532. The third kappa shape index (κ3) is 3.68. The molecule has 6 rings (SSSR count). The van der Waals surface area contributed by atoms with Crippen molar-refractivity contribution in [3.05, 3.63) is 0 Å². The van der Waals surface area contributed by atoms with E-state index in [1.54, 1.807) is 0 Å². The summed E-state index contributed by atoms with van der Waals surface area (Å²) in [6, 6.07) is 0. The van der Waals surface area contributed by atoms with Crippen molar-refractivity contribution in [1.82, 2.24) is 5.32 Å². The number of hydrogen-bond donors (Lipinski definition) is 2. The Labute approximate surface area is 171 Å². The number of nitrogens with two attached hydrogens (primary N) is 1. The number of alkyl carbamates (subject to hydrolysis) is 1. The SMILES string of the molecule is COC(=O)C12CC(N)(C1)C2.COC(=O)C12CC(NC(=O)OC(C)(C)C)(C1)C2.Cl. The number of halogens is 1. The van der Waals surface area contributed by atoms with Crippen molar-refractivity contribution >= 4 is 30.4 Å². The zero-order valence-electron chi connectivity index (χ0n) is 17.2. The first kappa shape index (κ1) is 22.7. The Kier molecular flexibility index (Phi) is 5.49. The molecule has 4 bridgehead atoms. The lowest BCUT2D eigenvalue weighted by Crippen LogP contribution is -2.77. The molecule has 8 nitrogen and oxygen atoms in total. The lowest BCUT2D eigenvalue weighted by atomic mass is 9.39. The van der Waals surface area contributed by atoms with E-state index in [-0.39, 0.29) is 46.3 Å². The molecule has 6 fully saturated rings. The van der Waals surface area contributed by atoms with Crippen molar-refractivity contribution in [2.24, 2.45) is 16.6 Å².